The van der Waals surface area contributed by atoms with Crippen LogP contribution in [0.5, 0.6) is 0 Å². The molecule has 0 aliphatic carbocycles. The Bertz CT molecular complexity index is 140. The molecule has 13 heavy (non-hydrogen) atoms. The van der Waals surface area contributed by atoms with Crippen LogP contribution in [0.2, 0.25) is 0 Å². The molecule has 0 aliphatic heterocycles. The van der Waals surface area contributed by atoms with Gasteiger partial charge in [0.1, 0.15) is 0 Å². The van der Waals surface area contributed by atoms with E-state index in [4.69, 9.17) is 0 Å². The van der Waals surface area contributed by atoms with Gasteiger partial charge in [0, 0.05) is 6.04 Å². The van der Waals surface area contributed by atoms with Crippen molar-refractivity contribution in [1.29, 1.82) is 0 Å². The van der Waals surface area contributed by atoms with E-state index in [2.05, 4.69) is 32.7 Å². The minimum atomic E-state index is 0.511. The monoisotopic (exact) mass is 183 g/mol. The second-order valence-electron chi connectivity index (χ2n) is 3.92. The quantitative estimate of drug-likeness (QED) is 0.597. The molecule has 0 rings (SSSR count). The molecule has 0 fully saturated rings. The lowest BCUT2D eigenvalue weighted by Gasteiger charge is -2.26. The average Bonchev–Trinajstić information content (AvgIpc) is 2.11. The molecule has 0 aromatic carbocycles. The first-order valence-corrected chi connectivity index (χ1v) is 5.49. The van der Waals surface area contributed by atoms with E-state index in [-0.39, 0.29) is 0 Å². The van der Waals surface area contributed by atoms with Gasteiger partial charge in [-0.15, -0.1) is 0 Å². The summed E-state index contributed by atoms with van der Waals surface area (Å²) >= 11 is 0. The number of rotatable bonds is 7. The smallest absolute Gasteiger partial charge is 0.0299 e. The maximum Gasteiger partial charge on any atom is 0.0299 e. The molecule has 0 radical (unpaired) electrons. The van der Waals surface area contributed by atoms with Gasteiger partial charge in [-0.1, -0.05) is 45.3 Å². The van der Waals surface area contributed by atoms with Crippen LogP contribution in [0.4, 0.5) is 0 Å². The second kappa shape index (κ2) is 7.14. The van der Waals surface area contributed by atoms with E-state index in [0.29, 0.717) is 6.04 Å². The maximum absolute atomic E-state index is 4.04. The molecule has 0 heterocycles. The molecule has 0 aromatic heterocycles. The summed E-state index contributed by atoms with van der Waals surface area (Å²) in [5.41, 5.74) is 1.27. The number of nitrogens with one attached hydrogen (secondary N) is 1. The molecule has 1 nitrogen and oxygen atoms in total. The van der Waals surface area contributed by atoms with Crippen molar-refractivity contribution in [1.82, 2.24) is 5.32 Å². The fourth-order valence-electron chi connectivity index (χ4n) is 1.96. The van der Waals surface area contributed by atoms with Crippen LogP contribution in [0.15, 0.2) is 12.2 Å². The van der Waals surface area contributed by atoms with Gasteiger partial charge in [-0.25, -0.2) is 0 Å². The lowest BCUT2D eigenvalue weighted by molar-refractivity contribution is 0.365. The molecule has 0 bridgehead atoms. The van der Waals surface area contributed by atoms with E-state index in [1.807, 2.05) is 7.05 Å². The molecule has 0 aromatic rings. The van der Waals surface area contributed by atoms with Gasteiger partial charge in [-0.05, 0) is 26.3 Å². The van der Waals surface area contributed by atoms with E-state index in [1.165, 1.54) is 31.3 Å². The predicted molar refractivity (Wildman–Crippen MR) is 61.0 cm³/mol. The molecule has 78 valence electrons. The Morgan fingerprint density at radius 1 is 1.38 bits per heavy atom. The first-order valence-electron chi connectivity index (χ1n) is 5.49. The summed E-state index contributed by atoms with van der Waals surface area (Å²) in [5, 5.41) is 3.36. The largest absolute Gasteiger partial charge is 0.313 e. The number of hydrogen-bond donors (Lipinski definition) is 1. The highest BCUT2D eigenvalue weighted by Gasteiger charge is 2.17. The van der Waals surface area contributed by atoms with Gasteiger partial charge in [0.15, 0.2) is 0 Å². The normalized spacial score (nSPS) is 15.4. The molecule has 1 heteroatoms. The Hall–Kier alpha value is -0.300. The van der Waals surface area contributed by atoms with E-state index in [0.717, 1.165) is 5.92 Å². The van der Waals surface area contributed by atoms with E-state index < -0.39 is 0 Å². The molecule has 0 saturated heterocycles. The van der Waals surface area contributed by atoms with Crippen LogP contribution in [0.1, 0.15) is 46.5 Å². The Morgan fingerprint density at radius 3 is 2.31 bits per heavy atom. The van der Waals surface area contributed by atoms with Crippen molar-refractivity contribution in [3.63, 3.8) is 0 Å². The third-order valence-electron chi connectivity index (χ3n) is 2.77. The average molecular weight is 183 g/mol. The maximum atomic E-state index is 4.04. The number of likely N-dealkylation sites (N-methyl/N-ethyl adjacent to an activating group) is 1. The second-order valence-corrected chi connectivity index (χ2v) is 3.92. The molecular formula is C12H25N. The highest BCUT2D eigenvalue weighted by molar-refractivity contribution is 5.03. The summed E-state index contributed by atoms with van der Waals surface area (Å²) < 4.78 is 0. The highest BCUT2D eigenvalue weighted by atomic mass is 14.9. The summed E-state index contributed by atoms with van der Waals surface area (Å²) in [4.78, 5) is 0. The molecule has 2 atom stereocenters. The van der Waals surface area contributed by atoms with Crippen LogP contribution in [0.3, 0.4) is 0 Å². The zero-order valence-corrected chi connectivity index (χ0v) is 9.69. The van der Waals surface area contributed by atoms with Crippen molar-refractivity contribution in [3.05, 3.63) is 12.2 Å². The van der Waals surface area contributed by atoms with Crippen LogP contribution >= 0.6 is 0 Å². The van der Waals surface area contributed by atoms with E-state index in [9.17, 15) is 0 Å². The van der Waals surface area contributed by atoms with Gasteiger partial charge < -0.3 is 5.32 Å². The first kappa shape index (κ1) is 12.7. The lowest BCUT2D eigenvalue weighted by atomic mass is 9.88. The molecule has 1 N–H and O–H groups in total. The fraction of sp³-hybridized carbons (Fsp3) is 0.833. The minimum Gasteiger partial charge on any atom is -0.313 e. The van der Waals surface area contributed by atoms with Crippen LogP contribution < -0.4 is 5.32 Å². The van der Waals surface area contributed by atoms with Crippen LogP contribution in [-0.4, -0.2) is 13.1 Å². The van der Waals surface area contributed by atoms with Gasteiger partial charge >= 0.3 is 0 Å². The zero-order valence-electron chi connectivity index (χ0n) is 9.69. The topological polar surface area (TPSA) is 12.0 Å². The molecule has 0 spiro atoms. The highest BCUT2D eigenvalue weighted by Crippen LogP contribution is 2.20. The minimum absolute atomic E-state index is 0.511. The van der Waals surface area contributed by atoms with Crippen LogP contribution in [0.25, 0.3) is 0 Å². The SMILES string of the molecule is C=C(C)C(NC)C(CC)CCCC. The van der Waals surface area contributed by atoms with Gasteiger partial charge in [0.05, 0.1) is 0 Å². The number of unbranched alkanes of at least 4 members (excludes halogenated alkanes) is 1. The molecular weight excluding hydrogens is 158 g/mol. The molecule has 0 amide bonds. The summed E-state index contributed by atoms with van der Waals surface area (Å²) in [6.45, 7) is 10.7. The predicted octanol–water partition coefficient (Wildman–Crippen LogP) is 3.37. The van der Waals surface area contributed by atoms with Crippen LogP contribution in [0, 0.1) is 5.92 Å². The summed E-state index contributed by atoms with van der Waals surface area (Å²) in [7, 11) is 2.04. The Balaban J connectivity index is 4.08. The van der Waals surface area contributed by atoms with Crippen molar-refractivity contribution in [2.45, 2.75) is 52.5 Å². The van der Waals surface area contributed by atoms with Gasteiger partial charge in [0.25, 0.3) is 0 Å². The van der Waals surface area contributed by atoms with Crippen molar-refractivity contribution in [2.24, 2.45) is 5.92 Å². The summed E-state index contributed by atoms with van der Waals surface area (Å²) in [6, 6.07) is 0.511. The summed E-state index contributed by atoms with van der Waals surface area (Å²) in [6.07, 6.45) is 5.21. The third kappa shape index (κ3) is 4.47. The van der Waals surface area contributed by atoms with Crippen molar-refractivity contribution >= 4 is 0 Å². The summed E-state index contributed by atoms with van der Waals surface area (Å²) in [5.74, 6) is 0.766. The zero-order chi connectivity index (χ0) is 10.3. The Labute approximate surface area is 83.6 Å². The van der Waals surface area contributed by atoms with Gasteiger partial charge in [-0.3, -0.25) is 0 Å². The van der Waals surface area contributed by atoms with E-state index >= 15 is 0 Å². The van der Waals surface area contributed by atoms with E-state index in [1.54, 1.807) is 0 Å². The van der Waals surface area contributed by atoms with Gasteiger partial charge in [-0.2, -0.15) is 0 Å². The molecule has 0 saturated carbocycles. The van der Waals surface area contributed by atoms with Crippen LogP contribution in [-0.2, 0) is 0 Å². The van der Waals surface area contributed by atoms with Crippen molar-refractivity contribution in [3.8, 4) is 0 Å². The van der Waals surface area contributed by atoms with Gasteiger partial charge in [0.2, 0.25) is 0 Å². The Morgan fingerprint density at radius 2 is 2.00 bits per heavy atom. The van der Waals surface area contributed by atoms with Crippen molar-refractivity contribution in [2.75, 3.05) is 7.05 Å². The first-order chi connectivity index (χ1) is 6.17. The fourth-order valence-corrected chi connectivity index (χ4v) is 1.96. The Kier molecular flexibility index (Phi) is 6.97. The third-order valence-corrected chi connectivity index (χ3v) is 2.77. The number of hydrogen-bond acceptors (Lipinski definition) is 1. The molecule has 2 unspecified atom stereocenters. The molecule has 0 aliphatic rings. The lowest BCUT2D eigenvalue weighted by Crippen LogP contribution is -2.34. The van der Waals surface area contributed by atoms with Crippen molar-refractivity contribution < 1.29 is 0 Å². The standard InChI is InChI=1S/C12H25N/c1-6-8-9-11(7-2)12(13-5)10(3)4/h11-13H,3,6-9H2,1-2,4-5H3.